The number of amides is 1. The van der Waals surface area contributed by atoms with E-state index in [2.05, 4.69) is 0 Å². The Morgan fingerprint density at radius 1 is 1.17 bits per heavy atom. The zero-order valence-corrected chi connectivity index (χ0v) is 13.3. The third-order valence-corrected chi connectivity index (χ3v) is 5.20. The van der Waals surface area contributed by atoms with Crippen LogP contribution in [0.2, 0.25) is 0 Å². The van der Waals surface area contributed by atoms with Crippen LogP contribution in [0.1, 0.15) is 45.4 Å². The van der Waals surface area contributed by atoms with Crippen LogP contribution in [-0.2, 0) is 9.59 Å². The van der Waals surface area contributed by atoms with Gasteiger partial charge in [0.15, 0.2) is 0 Å². The topological polar surface area (TPSA) is 57.6 Å². The normalized spacial score (nSPS) is 27.9. The van der Waals surface area contributed by atoms with Crippen molar-refractivity contribution < 1.29 is 27.9 Å². The van der Waals surface area contributed by atoms with Gasteiger partial charge in [-0.1, -0.05) is 39.0 Å². The van der Waals surface area contributed by atoms with Gasteiger partial charge in [0.2, 0.25) is 5.91 Å². The summed E-state index contributed by atoms with van der Waals surface area (Å²) in [4.78, 5) is 24.6. The van der Waals surface area contributed by atoms with Crippen molar-refractivity contribution in [2.75, 3.05) is 13.1 Å². The second-order valence-corrected chi connectivity index (χ2v) is 6.98. The van der Waals surface area contributed by atoms with Crippen molar-refractivity contribution in [3.05, 3.63) is 0 Å². The second-order valence-electron chi connectivity index (χ2n) is 6.98. The number of carbonyl (C=O) groups excluding carboxylic acids is 1. The Kier molecular flexibility index (Phi) is 5.57. The Bertz CT molecular complexity index is 446. The highest BCUT2D eigenvalue weighted by Crippen LogP contribution is 2.38. The maximum atomic E-state index is 13.0. The first-order valence-corrected chi connectivity index (χ1v) is 8.28. The largest absolute Gasteiger partial charge is 0.481 e. The molecule has 0 aromatic rings. The third-order valence-electron chi connectivity index (χ3n) is 5.20. The number of rotatable bonds is 4. The highest BCUT2D eigenvalue weighted by atomic mass is 19.4. The molecule has 0 aromatic heterocycles. The molecule has 132 valence electrons. The van der Waals surface area contributed by atoms with Crippen molar-refractivity contribution >= 4 is 11.9 Å². The fourth-order valence-corrected chi connectivity index (χ4v) is 3.90. The van der Waals surface area contributed by atoms with E-state index in [-0.39, 0.29) is 18.4 Å². The molecule has 1 amide bonds. The van der Waals surface area contributed by atoms with E-state index in [4.69, 9.17) is 5.11 Å². The lowest BCUT2D eigenvalue weighted by molar-refractivity contribution is -0.188. The molecule has 7 heteroatoms. The van der Waals surface area contributed by atoms with Crippen LogP contribution in [-0.4, -0.2) is 41.1 Å². The van der Waals surface area contributed by atoms with Crippen molar-refractivity contribution in [3.8, 4) is 0 Å². The average molecular weight is 335 g/mol. The van der Waals surface area contributed by atoms with Gasteiger partial charge < -0.3 is 10.0 Å². The van der Waals surface area contributed by atoms with Gasteiger partial charge in [0, 0.05) is 19.0 Å². The summed E-state index contributed by atoms with van der Waals surface area (Å²) in [6.45, 7) is 0.870. The molecule has 4 nitrogen and oxygen atoms in total. The first-order chi connectivity index (χ1) is 10.7. The summed E-state index contributed by atoms with van der Waals surface area (Å²) < 4.78 is 38.9. The zero-order valence-electron chi connectivity index (χ0n) is 13.3. The third kappa shape index (κ3) is 4.38. The molecule has 3 atom stereocenters. The van der Waals surface area contributed by atoms with Crippen LogP contribution in [0.25, 0.3) is 0 Å². The molecule has 1 N–H and O–H groups in total. The number of hydrogen-bond acceptors (Lipinski definition) is 2. The van der Waals surface area contributed by atoms with Crippen molar-refractivity contribution in [3.63, 3.8) is 0 Å². The van der Waals surface area contributed by atoms with E-state index in [1.807, 2.05) is 0 Å². The highest BCUT2D eigenvalue weighted by molar-refractivity contribution is 5.80. The summed E-state index contributed by atoms with van der Waals surface area (Å²) in [6, 6.07) is 0. The minimum Gasteiger partial charge on any atom is -0.481 e. The predicted molar refractivity (Wildman–Crippen MR) is 77.6 cm³/mol. The number of aliphatic carboxylic acids is 1. The van der Waals surface area contributed by atoms with E-state index < -0.39 is 30.5 Å². The van der Waals surface area contributed by atoms with Gasteiger partial charge in [0.25, 0.3) is 0 Å². The molecule has 2 aliphatic rings. The van der Waals surface area contributed by atoms with E-state index >= 15 is 0 Å². The summed E-state index contributed by atoms with van der Waals surface area (Å²) >= 11 is 0. The summed E-state index contributed by atoms with van der Waals surface area (Å²) in [7, 11) is 0. The van der Waals surface area contributed by atoms with Gasteiger partial charge in [-0.05, 0) is 12.3 Å². The van der Waals surface area contributed by atoms with Crippen molar-refractivity contribution in [2.24, 2.45) is 23.7 Å². The summed E-state index contributed by atoms with van der Waals surface area (Å²) in [5.74, 6) is -5.23. The van der Waals surface area contributed by atoms with Crippen molar-refractivity contribution in [1.29, 1.82) is 0 Å². The van der Waals surface area contributed by atoms with Gasteiger partial charge >= 0.3 is 12.1 Å². The smallest absolute Gasteiger partial charge is 0.394 e. The van der Waals surface area contributed by atoms with Crippen LogP contribution in [0.4, 0.5) is 13.2 Å². The van der Waals surface area contributed by atoms with Crippen molar-refractivity contribution in [1.82, 2.24) is 4.90 Å². The molecule has 0 bridgehead atoms. The lowest BCUT2D eigenvalue weighted by Crippen LogP contribution is -2.36. The lowest BCUT2D eigenvalue weighted by atomic mass is 9.83. The zero-order chi connectivity index (χ0) is 17.2. The Balaban J connectivity index is 1.97. The molecule has 1 saturated carbocycles. The van der Waals surface area contributed by atoms with Crippen LogP contribution in [0.15, 0.2) is 0 Å². The minimum absolute atomic E-state index is 0.339. The number of carboxylic acid groups (broad SMARTS) is 1. The fourth-order valence-electron chi connectivity index (χ4n) is 3.90. The standard InChI is InChI=1S/C16H24F3NO3/c1-10(7-11-5-3-2-4-6-11)14(21)20-8-12(15(22)23)13(9-20)16(17,18)19/h10-13H,2-9H2,1H3,(H,22,23)/t10?,12-,13-/m1/s1. The van der Waals surface area contributed by atoms with Gasteiger partial charge in [-0.2, -0.15) is 13.2 Å². The van der Waals surface area contributed by atoms with Gasteiger partial charge in [-0.25, -0.2) is 0 Å². The Morgan fingerprint density at radius 3 is 2.26 bits per heavy atom. The Morgan fingerprint density at radius 2 is 1.78 bits per heavy atom. The number of carbonyl (C=O) groups is 2. The monoisotopic (exact) mass is 335 g/mol. The molecule has 2 rings (SSSR count). The van der Waals surface area contributed by atoms with Gasteiger partial charge in [0.05, 0.1) is 11.8 Å². The van der Waals surface area contributed by atoms with Gasteiger partial charge in [-0.15, -0.1) is 0 Å². The van der Waals surface area contributed by atoms with Crippen LogP contribution >= 0.6 is 0 Å². The maximum Gasteiger partial charge on any atom is 0.394 e. The molecular formula is C16H24F3NO3. The Labute approximate surface area is 134 Å². The van der Waals surface area contributed by atoms with E-state index in [9.17, 15) is 22.8 Å². The number of likely N-dealkylation sites (tertiary alicyclic amines) is 1. The molecule has 1 heterocycles. The molecule has 1 unspecified atom stereocenters. The summed E-state index contributed by atoms with van der Waals surface area (Å²) in [5.41, 5.74) is 0. The number of alkyl halides is 3. The van der Waals surface area contributed by atoms with E-state index in [0.29, 0.717) is 12.3 Å². The molecule has 2 fully saturated rings. The predicted octanol–water partition coefficient (Wildman–Crippen LogP) is 3.31. The van der Waals surface area contributed by atoms with E-state index in [0.717, 1.165) is 30.6 Å². The van der Waals surface area contributed by atoms with Gasteiger partial charge in [-0.3, -0.25) is 9.59 Å². The number of hydrogen-bond donors (Lipinski definition) is 1. The number of nitrogens with zero attached hydrogens (tertiary/aromatic N) is 1. The molecule has 0 radical (unpaired) electrons. The highest BCUT2D eigenvalue weighted by Gasteiger charge is 2.53. The molecular weight excluding hydrogens is 311 g/mol. The van der Waals surface area contributed by atoms with Crippen LogP contribution in [0.5, 0.6) is 0 Å². The van der Waals surface area contributed by atoms with Crippen molar-refractivity contribution in [2.45, 2.75) is 51.6 Å². The SMILES string of the molecule is CC(CC1CCCCC1)C(=O)N1C[C@@H](C(F)(F)F)[C@H](C(=O)O)C1. The number of carboxylic acids is 1. The molecule has 0 spiro atoms. The second kappa shape index (κ2) is 7.09. The van der Waals surface area contributed by atoms with Crippen LogP contribution in [0, 0.1) is 23.7 Å². The number of halogens is 3. The molecule has 23 heavy (non-hydrogen) atoms. The quantitative estimate of drug-likeness (QED) is 0.857. The fraction of sp³-hybridized carbons (Fsp3) is 0.875. The summed E-state index contributed by atoms with van der Waals surface area (Å²) in [6.07, 6.45) is 1.73. The maximum absolute atomic E-state index is 13.0. The molecule has 1 aliphatic heterocycles. The first kappa shape index (κ1) is 18.1. The van der Waals surface area contributed by atoms with Gasteiger partial charge in [0.1, 0.15) is 0 Å². The van der Waals surface area contributed by atoms with Crippen LogP contribution in [0.3, 0.4) is 0 Å². The lowest BCUT2D eigenvalue weighted by Gasteiger charge is -2.27. The first-order valence-electron chi connectivity index (χ1n) is 8.28. The molecule has 1 aliphatic carbocycles. The minimum atomic E-state index is -4.59. The van der Waals surface area contributed by atoms with Crippen LogP contribution < -0.4 is 0 Å². The Hall–Kier alpha value is -1.27. The summed E-state index contributed by atoms with van der Waals surface area (Å²) in [5, 5.41) is 9.01. The van der Waals surface area contributed by atoms with E-state index in [1.165, 1.54) is 6.42 Å². The van der Waals surface area contributed by atoms with E-state index in [1.54, 1.807) is 6.92 Å². The average Bonchev–Trinajstić information content (AvgIpc) is 2.93. The molecule has 1 saturated heterocycles. The molecule has 0 aromatic carbocycles.